The second-order valence-electron chi connectivity index (χ2n) is 5.29. The predicted molar refractivity (Wildman–Crippen MR) is 93.4 cm³/mol. The first-order valence-corrected chi connectivity index (χ1v) is 8.87. The van der Waals surface area contributed by atoms with Gasteiger partial charge < -0.3 is 19.5 Å². The van der Waals surface area contributed by atoms with Crippen LogP contribution in [0, 0.1) is 0 Å². The molecule has 8 nitrogen and oxygen atoms in total. The average molecular weight is 361 g/mol. The number of para-hydroxylation sites is 2. The summed E-state index contributed by atoms with van der Waals surface area (Å²) in [6.07, 6.45) is 1.27. The molecule has 0 saturated carbocycles. The minimum absolute atomic E-state index is 0.0934. The average Bonchev–Trinajstić information content (AvgIpc) is 3.24. The standard InChI is InChI=1S/C16H19N5O3S/c1-23-9-8-17-14(22)10-25-16-21-20-15(24-16)7-6-13-18-11-4-2-3-5-12(11)19-13/h2-5H,6-10H2,1H3,(H,17,22)(H,18,19). The molecule has 0 saturated heterocycles. The van der Waals surface area contributed by atoms with Gasteiger partial charge >= 0.3 is 0 Å². The Balaban J connectivity index is 1.46. The van der Waals surface area contributed by atoms with Crippen molar-refractivity contribution in [3.8, 4) is 0 Å². The Kier molecular flexibility index (Phi) is 6.02. The number of nitrogens with zero attached hydrogens (tertiary/aromatic N) is 3. The molecule has 2 heterocycles. The van der Waals surface area contributed by atoms with Crippen LogP contribution in [-0.4, -0.2) is 52.1 Å². The van der Waals surface area contributed by atoms with Gasteiger partial charge in [0.05, 0.1) is 23.4 Å². The fraction of sp³-hybridized carbons (Fsp3) is 0.375. The van der Waals surface area contributed by atoms with E-state index in [-0.39, 0.29) is 11.7 Å². The summed E-state index contributed by atoms with van der Waals surface area (Å²) in [5.74, 6) is 1.55. The van der Waals surface area contributed by atoms with Crippen molar-refractivity contribution in [3.63, 3.8) is 0 Å². The Hall–Kier alpha value is -2.39. The highest BCUT2D eigenvalue weighted by Crippen LogP contribution is 2.17. The Bertz CT molecular complexity index is 799. The zero-order valence-corrected chi connectivity index (χ0v) is 14.6. The lowest BCUT2D eigenvalue weighted by molar-refractivity contribution is -0.118. The summed E-state index contributed by atoms with van der Waals surface area (Å²) in [7, 11) is 1.59. The second kappa shape index (κ2) is 8.63. The number of carbonyl (C=O) groups excluding carboxylic acids is 1. The minimum Gasteiger partial charge on any atom is -0.416 e. The molecule has 1 aromatic carbocycles. The summed E-state index contributed by atoms with van der Waals surface area (Å²) in [5, 5.41) is 11.1. The zero-order chi connectivity index (χ0) is 17.5. The number of thioether (sulfide) groups is 1. The Morgan fingerprint density at radius 3 is 3.04 bits per heavy atom. The van der Waals surface area contributed by atoms with Gasteiger partial charge in [0.1, 0.15) is 5.82 Å². The monoisotopic (exact) mass is 361 g/mol. The maximum atomic E-state index is 11.6. The second-order valence-corrected chi connectivity index (χ2v) is 6.22. The number of aromatic nitrogens is 4. The number of aryl methyl sites for hydroxylation is 2. The number of methoxy groups -OCH3 is 1. The summed E-state index contributed by atoms with van der Waals surface area (Å²) < 4.78 is 10.4. The van der Waals surface area contributed by atoms with Crippen molar-refractivity contribution < 1.29 is 13.9 Å². The molecule has 2 aromatic heterocycles. The topological polar surface area (TPSA) is 106 Å². The van der Waals surface area contributed by atoms with E-state index in [1.54, 1.807) is 7.11 Å². The lowest BCUT2D eigenvalue weighted by atomic mass is 10.3. The van der Waals surface area contributed by atoms with E-state index in [0.717, 1.165) is 16.9 Å². The number of aromatic amines is 1. The summed E-state index contributed by atoms with van der Waals surface area (Å²) in [6, 6.07) is 7.89. The van der Waals surface area contributed by atoms with E-state index < -0.39 is 0 Å². The zero-order valence-electron chi connectivity index (χ0n) is 13.8. The van der Waals surface area contributed by atoms with Crippen molar-refractivity contribution in [2.24, 2.45) is 0 Å². The number of hydrogen-bond acceptors (Lipinski definition) is 7. The molecule has 0 aliphatic heterocycles. The molecular weight excluding hydrogens is 342 g/mol. The van der Waals surface area contributed by atoms with Gasteiger partial charge in [0.2, 0.25) is 11.8 Å². The van der Waals surface area contributed by atoms with Crippen LogP contribution < -0.4 is 5.32 Å². The predicted octanol–water partition coefficient (Wildman–Crippen LogP) is 1.59. The third-order valence-electron chi connectivity index (χ3n) is 3.42. The first-order chi connectivity index (χ1) is 12.2. The molecule has 0 spiro atoms. The van der Waals surface area contributed by atoms with Gasteiger partial charge in [-0.1, -0.05) is 23.9 Å². The first-order valence-electron chi connectivity index (χ1n) is 7.89. The van der Waals surface area contributed by atoms with Crippen LogP contribution in [0.5, 0.6) is 0 Å². The Labute approximate surface area is 148 Å². The van der Waals surface area contributed by atoms with Gasteiger partial charge in [-0.05, 0) is 12.1 Å². The van der Waals surface area contributed by atoms with Crippen LogP contribution in [0.15, 0.2) is 33.9 Å². The van der Waals surface area contributed by atoms with Crippen molar-refractivity contribution >= 4 is 28.7 Å². The third-order valence-corrected chi connectivity index (χ3v) is 4.24. The lowest BCUT2D eigenvalue weighted by Gasteiger charge is -2.02. The number of hydrogen-bond donors (Lipinski definition) is 2. The molecule has 1 amide bonds. The minimum atomic E-state index is -0.0934. The van der Waals surface area contributed by atoms with Gasteiger partial charge in [0.25, 0.3) is 5.22 Å². The SMILES string of the molecule is COCCNC(=O)CSc1nnc(CCc2nc3ccccc3[nH]2)o1. The lowest BCUT2D eigenvalue weighted by Crippen LogP contribution is -2.28. The summed E-state index contributed by atoms with van der Waals surface area (Å²) >= 11 is 1.22. The number of imidazole rings is 1. The largest absolute Gasteiger partial charge is 0.416 e. The number of fused-ring (bicyclic) bond motifs is 1. The summed E-state index contributed by atoms with van der Waals surface area (Å²) in [5.41, 5.74) is 1.96. The van der Waals surface area contributed by atoms with E-state index in [0.29, 0.717) is 37.1 Å². The van der Waals surface area contributed by atoms with Gasteiger partial charge in [0.15, 0.2) is 0 Å². The highest BCUT2D eigenvalue weighted by molar-refractivity contribution is 7.99. The van der Waals surface area contributed by atoms with Crippen LogP contribution in [0.25, 0.3) is 11.0 Å². The van der Waals surface area contributed by atoms with Gasteiger partial charge in [0, 0.05) is 26.5 Å². The van der Waals surface area contributed by atoms with Crippen molar-refractivity contribution in [2.45, 2.75) is 18.1 Å². The maximum Gasteiger partial charge on any atom is 0.277 e. The molecule has 2 N–H and O–H groups in total. The van der Waals surface area contributed by atoms with Gasteiger partial charge in [-0.25, -0.2) is 4.98 Å². The van der Waals surface area contributed by atoms with Crippen LogP contribution in [0.4, 0.5) is 0 Å². The number of ether oxygens (including phenoxy) is 1. The molecule has 25 heavy (non-hydrogen) atoms. The normalized spacial score (nSPS) is 11.1. The number of benzene rings is 1. The van der Waals surface area contributed by atoms with Crippen LogP contribution >= 0.6 is 11.8 Å². The van der Waals surface area contributed by atoms with E-state index in [9.17, 15) is 4.79 Å². The van der Waals surface area contributed by atoms with E-state index in [2.05, 4.69) is 25.5 Å². The highest BCUT2D eigenvalue weighted by Gasteiger charge is 2.10. The number of nitrogens with one attached hydrogen (secondary N) is 2. The Morgan fingerprint density at radius 1 is 1.32 bits per heavy atom. The van der Waals surface area contributed by atoms with E-state index >= 15 is 0 Å². The molecule has 9 heteroatoms. The number of amides is 1. The Morgan fingerprint density at radius 2 is 2.20 bits per heavy atom. The van der Waals surface area contributed by atoms with Gasteiger partial charge in [-0.2, -0.15) is 0 Å². The third kappa shape index (κ3) is 5.04. The van der Waals surface area contributed by atoms with Gasteiger partial charge in [-0.15, -0.1) is 10.2 Å². The van der Waals surface area contributed by atoms with E-state index in [1.165, 1.54) is 11.8 Å². The van der Waals surface area contributed by atoms with E-state index in [1.807, 2.05) is 24.3 Å². The van der Waals surface area contributed by atoms with Crippen LogP contribution in [0.3, 0.4) is 0 Å². The van der Waals surface area contributed by atoms with E-state index in [4.69, 9.17) is 9.15 Å². The molecule has 0 fully saturated rings. The quantitative estimate of drug-likeness (QED) is 0.440. The van der Waals surface area contributed by atoms with Crippen molar-refractivity contribution in [1.29, 1.82) is 0 Å². The smallest absolute Gasteiger partial charge is 0.277 e. The van der Waals surface area contributed by atoms with Crippen molar-refractivity contribution in [3.05, 3.63) is 36.0 Å². The first kappa shape index (κ1) is 17.4. The maximum absolute atomic E-state index is 11.6. The molecule has 0 atom stereocenters. The number of rotatable bonds is 9. The van der Waals surface area contributed by atoms with Crippen LogP contribution in [0.1, 0.15) is 11.7 Å². The summed E-state index contributed by atoms with van der Waals surface area (Å²) in [4.78, 5) is 19.4. The molecule has 0 aliphatic carbocycles. The van der Waals surface area contributed by atoms with Crippen molar-refractivity contribution in [1.82, 2.24) is 25.5 Å². The number of carbonyl (C=O) groups is 1. The molecule has 0 unspecified atom stereocenters. The summed E-state index contributed by atoms with van der Waals surface area (Å²) in [6.45, 7) is 0.978. The van der Waals surface area contributed by atoms with Crippen LogP contribution in [0.2, 0.25) is 0 Å². The van der Waals surface area contributed by atoms with Gasteiger partial charge in [-0.3, -0.25) is 4.79 Å². The highest BCUT2D eigenvalue weighted by atomic mass is 32.2. The van der Waals surface area contributed by atoms with Crippen LogP contribution in [-0.2, 0) is 22.4 Å². The molecule has 3 rings (SSSR count). The number of H-pyrrole nitrogens is 1. The van der Waals surface area contributed by atoms with Crippen molar-refractivity contribution in [2.75, 3.05) is 26.0 Å². The molecule has 132 valence electrons. The molecule has 3 aromatic rings. The molecular formula is C16H19N5O3S. The molecule has 0 aliphatic rings. The molecule has 0 radical (unpaired) electrons. The fourth-order valence-electron chi connectivity index (χ4n) is 2.22. The molecule has 0 bridgehead atoms. The fourth-order valence-corrected chi connectivity index (χ4v) is 2.83.